The number of aromatic hydroxyl groups is 1. The molecule has 20 heavy (non-hydrogen) atoms. The molecule has 0 radical (unpaired) electrons. The third-order valence-electron chi connectivity index (χ3n) is 2.80. The molecule has 3 nitrogen and oxygen atoms in total. The number of halogens is 2. The summed E-state index contributed by atoms with van der Waals surface area (Å²) < 4.78 is 1.09. The molecule has 1 aromatic rings. The van der Waals surface area contributed by atoms with Crippen LogP contribution >= 0.6 is 31.9 Å². The van der Waals surface area contributed by atoms with Crippen LogP contribution in [-0.4, -0.2) is 11.0 Å². The van der Waals surface area contributed by atoms with Crippen LogP contribution < -0.4 is 5.32 Å². The molecule has 0 aromatic heterocycles. The number of phenolic OH excluding ortho intramolecular Hbond substituents is 1. The van der Waals surface area contributed by atoms with Gasteiger partial charge in [0.1, 0.15) is 5.75 Å². The van der Waals surface area contributed by atoms with E-state index in [9.17, 15) is 9.90 Å². The summed E-state index contributed by atoms with van der Waals surface area (Å²) in [5.74, 6) is 0.453. The van der Waals surface area contributed by atoms with Gasteiger partial charge in [0.2, 0.25) is 5.91 Å². The fraction of sp³-hybridized carbons (Fsp3) is 0.533. The minimum absolute atomic E-state index is 0.00811. The maximum Gasteiger partial charge on any atom is 0.224 e. The van der Waals surface area contributed by atoms with E-state index < -0.39 is 0 Å². The van der Waals surface area contributed by atoms with Crippen molar-refractivity contribution >= 4 is 43.5 Å². The Morgan fingerprint density at radius 3 is 2.25 bits per heavy atom. The molecular weight excluding hydrogens is 386 g/mol. The quantitative estimate of drug-likeness (QED) is 0.664. The van der Waals surface area contributed by atoms with Gasteiger partial charge in [-0.15, -0.1) is 0 Å². The normalized spacial score (nSPS) is 13.1. The van der Waals surface area contributed by atoms with Crippen LogP contribution in [0.1, 0.15) is 40.5 Å². The molecule has 0 fully saturated rings. The lowest BCUT2D eigenvalue weighted by Gasteiger charge is -2.22. The number of amides is 1. The van der Waals surface area contributed by atoms with Crippen LogP contribution in [0.3, 0.4) is 0 Å². The number of anilines is 1. The summed E-state index contributed by atoms with van der Waals surface area (Å²) in [6.07, 6.45) is 1.50. The molecule has 1 atom stereocenters. The van der Waals surface area contributed by atoms with Gasteiger partial charge in [-0.3, -0.25) is 4.79 Å². The van der Waals surface area contributed by atoms with Crippen molar-refractivity contribution in [3.63, 3.8) is 0 Å². The standard InChI is InChI=1S/C15H21Br2NO2/c1-9(8-15(2,3)4)5-13(19)18-10-6-11(16)14(20)12(17)7-10/h6-7,9,20H,5,8H2,1-4H3,(H,18,19). The summed E-state index contributed by atoms with van der Waals surface area (Å²) in [5, 5.41) is 12.5. The summed E-state index contributed by atoms with van der Waals surface area (Å²) in [6.45, 7) is 8.62. The van der Waals surface area contributed by atoms with Gasteiger partial charge in [-0.1, -0.05) is 27.7 Å². The first kappa shape index (κ1) is 17.5. The summed E-state index contributed by atoms with van der Waals surface area (Å²) in [7, 11) is 0. The molecule has 1 rings (SSSR count). The smallest absolute Gasteiger partial charge is 0.224 e. The maximum atomic E-state index is 12.0. The van der Waals surface area contributed by atoms with E-state index in [1.165, 1.54) is 0 Å². The lowest BCUT2D eigenvalue weighted by molar-refractivity contribution is -0.117. The van der Waals surface area contributed by atoms with Crippen LogP contribution in [0, 0.1) is 11.3 Å². The maximum absolute atomic E-state index is 12.0. The molecule has 5 heteroatoms. The highest BCUT2D eigenvalue weighted by Gasteiger charge is 2.18. The Hall–Kier alpha value is -0.550. The molecule has 0 aliphatic rings. The van der Waals surface area contributed by atoms with E-state index in [4.69, 9.17) is 0 Å². The van der Waals surface area contributed by atoms with Crippen molar-refractivity contribution in [2.24, 2.45) is 11.3 Å². The zero-order valence-corrected chi connectivity index (χ0v) is 15.4. The van der Waals surface area contributed by atoms with E-state index in [1.807, 2.05) is 0 Å². The van der Waals surface area contributed by atoms with Crippen molar-refractivity contribution in [1.29, 1.82) is 0 Å². The van der Waals surface area contributed by atoms with Gasteiger partial charge >= 0.3 is 0 Å². The van der Waals surface area contributed by atoms with Gasteiger partial charge in [0.25, 0.3) is 0 Å². The van der Waals surface area contributed by atoms with E-state index >= 15 is 0 Å². The number of phenols is 1. The number of hydrogen-bond acceptors (Lipinski definition) is 2. The van der Waals surface area contributed by atoms with Gasteiger partial charge < -0.3 is 10.4 Å². The first-order chi connectivity index (χ1) is 9.08. The molecule has 0 aliphatic carbocycles. The van der Waals surface area contributed by atoms with Crippen LogP contribution in [0.4, 0.5) is 5.69 Å². The molecule has 0 bridgehead atoms. The molecule has 0 spiro atoms. The lowest BCUT2D eigenvalue weighted by Crippen LogP contribution is -2.18. The van der Waals surface area contributed by atoms with E-state index in [0.717, 1.165) is 6.42 Å². The molecule has 0 saturated carbocycles. The third-order valence-corrected chi connectivity index (χ3v) is 4.00. The van der Waals surface area contributed by atoms with Crippen LogP contribution in [0.2, 0.25) is 0 Å². The summed E-state index contributed by atoms with van der Waals surface area (Å²) in [6, 6.07) is 3.37. The second-order valence-corrected chi connectivity index (χ2v) is 8.12. The van der Waals surface area contributed by atoms with Gasteiger partial charge in [-0.05, 0) is 61.7 Å². The Kier molecular flexibility index (Phi) is 6.07. The molecule has 1 unspecified atom stereocenters. The molecule has 2 N–H and O–H groups in total. The first-order valence-electron chi connectivity index (χ1n) is 6.56. The van der Waals surface area contributed by atoms with Crippen LogP contribution in [-0.2, 0) is 4.79 Å². The molecule has 0 heterocycles. The highest BCUT2D eigenvalue weighted by atomic mass is 79.9. The average Bonchev–Trinajstić information content (AvgIpc) is 2.22. The molecule has 112 valence electrons. The van der Waals surface area contributed by atoms with Crippen molar-refractivity contribution in [2.75, 3.05) is 5.32 Å². The van der Waals surface area contributed by atoms with Crippen molar-refractivity contribution in [1.82, 2.24) is 0 Å². The zero-order valence-electron chi connectivity index (χ0n) is 12.3. The largest absolute Gasteiger partial charge is 0.506 e. The Balaban J connectivity index is 2.63. The van der Waals surface area contributed by atoms with Crippen LogP contribution in [0.15, 0.2) is 21.1 Å². The highest BCUT2D eigenvalue weighted by molar-refractivity contribution is 9.11. The SMILES string of the molecule is CC(CC(=O)Nc1cc(Br)c(O)c(Br)c1)CC(C)(C)C. The van der Waals surface area contributed by atoms with Crippen LogP contribution in [0.25, 0.3) is 0 Å². The number of nitrogens with one attached hydrogen (secondary N) is 1. The fourth-order valence-electron chi connectivity index (χ4n) is 2.28. The second kappa shape index (κ2) is 6.94. The van der Waals surface area contributed by atoms with Crippen molar-refractivity contribution in [3.05, 3.63) is 21.1 Å². The van der Waals surface area contributed by atoms with Crippen LogP contribution in [0.5, 0.6) is 5.75 Å². The van der Waals surface area contributed by atoms with Gasteiger partial charge in [0.15, 0.2) is 0 Å². The zero-order chi connectivity index (χ0) is 15.5. The van der Waals surface area contributed by atoms with Gasteiger partial charge in [-0.2, -0.15) is 0 Å². The second-order valence-electron chi connectivity index (χ2n) is 6.41. The average molecular weight is 407 g/mol. The molecule has 1 aromatic carbocycles. The van der Waals surface area contributed by atoms with E-state index in [1.54, 1.807) is 12.1 Å². The van der Waals surface area contributed by atoms with Crippen molar-refractivity contribution < 1.29 is 9.90 Å². The molecule has 0 aliphatic heterocycles. The Bertz CT molecular complexity index is 472. The predicted molar refractivity (Wildman–Crippen MR) is 90.0 cm³/mol. The molecule has 0 saturated heterocycles. The first-order valence-corrected chi connectivity index (χ1v) is 8.15. The minimum Gasteiger partial charge on any atom is -0.506 e. The number of carbonyl (C=O) groups is 1. The Morgan fingerprint density at radius 2 is 1.80 bits per heavy atom. The van der Waals surface area contributed by atoms with E-state index in [2.05, 4.69) is 64.9 Å². The number of hydrogen-bond donors (Lipinski definition) is 2. The van der Waals surface area contributed by atoms with Gasteiger partial charge in [0, 0.05) is 12.1 Å². The van der Waals surface area contributed by atoms with Gasteiger partial charge in [-0.25, -0.2) is 0 Å². The minimum atomic E-state index is -0.00811. The molecule has 1 amide bonds. The monoisotopic (exact) mass is 405 g/mol. The van der Waals surface area contributed by atoms with Crippen molar-refractivity contribution in [3.8, 4) is 5.75 Å². The summed E-state index contributed by atoms with van der Waals surface area (Å²) in [4.78, 5) is 12.0. The predicted octanol–water partition coefficient (Wildman–Crippen LogP) is 5.32. The highest BCUT2D eigenvalue weighted by Crippen LogP contribution is 2.35. The summed E-state index contributed by atoms with van der Waals surface area (Å²) in [5.41, 5.74) is 0.888. The number of carbonyl (C=O) groups excluding carboxylic acids is 1. The lowest BCUT2D eigenvalue weighted by atomic mass is 9.84. The Labute approximate surface area is 137 Å². The number of rotatable bonds is 4. The topological polar surface area (TPSA) is 49.3 Å². The third kappa shape index (κ3) is 5.83. The van der Waals surface area contributed by atoms with Gasteiger partial charge in [0.05, 0.1) is 8.95 Å². The van der Waals surface area contributed by atoms with E-state index in [-0.39, 0.29) is 17.1 Å². The molecular formula is C15H21Br2NO2. The van der Waals surface area contributed by atoms with E-state index in [0.29, 0.717) is 27.0 Å². The number of benzene rings is 1. The Morgan fingerprint density at radius 1 is 1.30 bits per heavy atom. The van der Waals surface area contributed by atoms with Crippen molar-refractivity contribution in [2.45, 2.75) is 40.5 Å². The fourth-order valence-corrected chi connectivity index (χ4v) is 3.47. The summed E-state index contributed by atoms with van der Waals surface area (Å²) >= 11 is 6.49.